The van der Waals surface area contributed by atoms with E-state index in [1.54, 1.807) is 7.11 Å². The molecule has 1 saturated carbocycles. The number of aryl methyl sites for hydroxylation is 1. The van der Waals surface area contributed by atoms with Crippen LogP contribution in [0.2, 0.25) is 0 Å². The van der Waals surface area contributed by atoms with Gasteiger partial charge in [-0.15, -0.1) is 0 Å². The van der Waals surface area contributed by atoms with E-state index in [4.69, 9.17) is 4.74 Å². The number of pyridine rings is 1. The minimum Gasteiger partial charge on any atom is -0.481 e. The Kier molecular flexibility index (Phi) is 3.74. The molecule has 0 N–H and O–H groups in total. The van der Waals surface area contributed by atoms with Crippen LogP contribution < -0.4 is 4.74 Å². The third-order valence-corrected chi connectivity index (χ3v) is 3.96. The lowest BCUT2D eigenvalue weighted by Crippen LogP contribution is -2.06. The molecule has 1 aliphatic rings. The fourth-order valence-electron chi connectivity index (χ4n) is 2.49. The van der Waals surface area contributed by atoms with Gasteiger partial charge < -0.3 is 4.74 Å². The van der Waals surface area contributed by atoms with Crippen LogP contribution in [-0.4, -0.2) is 17.9 Å². The smallest absolute Gasteiger partial charge is 0.217 e. The summed E-state index contributed by atoms with van der Waals surface area (Å²) in [6.07, 6.45) is 3.34. The maximum Gasteiger partial charge on any atom is 0.217 e. The number of methoxy groups -OCH3 is 1. The molecule has 0 spiro atoms. The van der Waals surface area contributed by atoms with Crippen molar-refractivity contribution in [3.63, 3.8) is 0 Å². The van der Waals surface area contributed by atoms with Gasteiger partial charge in [0.25, 0.3) is 0 Å². The van der Waals surface area contributed by atoms with E-state index in [0.29, 0.717) is 23.1 Å². The Balaban J connectivity index is 1.89. The van der Waals surface area contributed by atoms with Gasteiger partial charge in [-0.1, -0.05) is 37.3 Å². The Bertz CT molecular complexity index is 657. The van der Waals surface area contributed by atoms with Crippen LogP contribution in [0.25, 0.3) is 0 Å². The van der Waals surface area contributed by atoms with Crippen LogP contribution in [0.4, 0.5) is 0 Å². The molecule has 0 saturated heterocycles. The van der Waals surface area contributed by atoms with E-state index < -0.39 is 0 Å². The molecule has 1 heterocycles. The average Bonchev–Trinajstić information content (AvgIpc) is 3.38. The van der Waals surface area contributed by atoms with Gasteiger partial charge in [-0.05, 0) is 36.8 Å². The topological polar surface area (TPSA) is 39.2 Å². The summed E-state index contributed by atoms with van der Waals surface area (Å²) in [6, 6.07) is 11.5. The molecule has 0 unspecified atom stereocenters. The zero-order valence-corrected chi connectivity index (χ0v) is 12.4. The van der Waals surface area contributed by atoms with Gasteiger partial charge >= 0.3 is 0 Å². The van der Waals surface area contributed by atoms with Gasteiger partial charge in [0.15, 0.2) is 0 Å². The number of ether oxygens (including phenoxy) is 1. The van der Waals surface area contributed by atoms with Crippen molar-refractivity contribution in [1.82, 2.24) is 4.98 Å². The zero-order chi connectivity index (χ0) is 14.8. The highest BCUT2D eigenvalue weighted by molar-refractivity contribution is 6.07. The van der Waals surface area contributed by atoms with E-state index in [-0.39, 0.29) is 5.78 Å². The van der Waals surface area contributed by atoms with Crippen LogP contribution in [0.15, 0.2) is 36.4 Å². The lowest BCUT2D eigenvalue weighted by atomic mass is 10.0. The van der Waals surface area contributed by atoms with E-state index >= 15 is 0 Å². The maximum atomic E-state index is 12.5. The summed E-state index contributed by atoms with van der Waals surface area (Å²) in [4.78, 5) is 16.9. The van der Waals surface area contributed by atoms with Gasteiger partial charge in [-0.25, -0.2) is 4.98 Å². The minimum absolute atomic E-state index is 0.0571. The van der Waals surface area contributed by atoms with Gasteiger partial charge in [-0.3, -0.25) is 4.79 Å². The average molecular weight is 281 g/mol. The van der Waals surface area contributed by atoms with Crippen molar-refractivity contribution in [2.45, 2.75) is 32.1 Å². The first-order valence-electron chi connectivity index (χ1n) is 7.41. The second-order valence-corrected chi connectivity index (χ2v) is 5.45. The number of hydrogen-bond acceptors (Lipinski definition) is 3. The maximum absolute atomic E-state index is 12.5. The molecular formula is C18H19NO2. The van der Waals surface area contributed by atoms with Crippen molar-refractivity contribution in [2.24, 2.45) is 0 Å². The predicted octanol–water partition coefficient (Wildman–Crippen LogP) is 3.76. The minimum atomic E-state index is -0.0571. The summed E-state index contributed by atoms with van der Waals surface area (Å²) in [6.45, 7) is 2.10. The van der Waals surface area contributed by atoms with Gasteiger partial charge in [-0.2, -0.15) is 0 Å². The van der Waals surface area contributed by atoms with E-state index in [0.717, 1.165) is 12.0 Å². The normalized spacial score (nSPS) is 14.0. The molecule has 1 aromatic carbocycles. The number of ketones is 1. The molecule has 1 aromatic heterocycles. The summed E-state index contributed by atoms with van der Waals surface area (Å²) in [5, 5.41) is 0. The number of rotatable bonds is 5. The van der Waals surface area contributed by atoms with E-state index in [1.807, 2.05) is 36.4 Å². The van der Waals surface area contributed by atoms with Gasteiger partial charge in [0.1, 0.15) is 5.69 Å². The molecule has 0 bridgehead atoms. The molecule has 3 heteroatoms. The SMILES string of the molecule is CCc1ccc(C(=O)c2ccc(C3CC3)c(OC)n2)cc1. The first kappa shape index (κ1) is 13.8. The molecule has 0 radical (unpaired) electrons. The molecule has 108 valence electrons. The van der Waals surface area contributed by atoms with E-state index in [1.165, 1.54) is 18.4 Å². The second-order valence-electron chi connectivity index (χ2n) is 5.45. The highest BCUT2D eigenvalue weighted by Crippen LogP contribution is 2.43. The number of carbonyl (C=O) groups excluding carboxylic acids is 1. The molecule has 3 nitrogen and oxygen atoms in total. The lowest BCUT2D eigenvalue weighted by molar-refractivity contribution is 0.103. The van der Waals surface area contributed by atoms with Crippen molar-refractivity contribution in [3.8, 4) is 5.88 Å². The number of carbonyl (C=O) groups is 1. The predicted molar refractivity (Wildman–Crippen MR) is 82.0 cm³/mol. The Morgan fingerprint density at radius 2 is 1.90 bits per heavy atom. The number of benzene rings is 1. The largest absolute Gasteiger partial charge is 0.481 e. The summed E-state index contributed by atoms with van der Waals surface area (Å²) in [7, 11) is 1.61. The summed E-state index contributed by atoms with van der Waals surface area (Å²) < 4.78 is 5.35. The van der Waals surface area contributed by atoms with Crippen molar-refractivity contribution < 1.29 is 9.53 Å². The number of aromatic nitrogens is 1. The molecule has 21 heavy (non-hydrogen) atoms. The van der Waals surface area contributed by atoms with Crippen LogP contribution in [0.5, 0.6) is 5.88 Å². The molecule has 1 aliphatic carbocycles. The molecular weight excluding hydrogens is 262 g/mol. The van der Waals surface area contributed by atoms with E-state index in [9.17, 15) is 4.79 Å². The fraction of sp³-hybridized carbons (Fsp3) is 0.333. The Labute approximate surface area is 125 Å². The molecule has 0 aliphatic heterocycles. The number of hydrogen-bond donors (Lipinski definition) is 0. The first-order valence-corrected chi connectivity index (χ1v) is 7.41. The zero-order valence-electron chi connectivity index (χ0n) is 12.4. The molecule has 3 rings (SSSR count). The summed E-state index contributed by atoms with van der Waals surface area (Å²) >= 11 is 0. The third-order valence-electron chi connectivity index (χ3n) is 3.96. The fourth-order valence-corrected chi connectivity index (χ4v) is 2.49. The molecule has 1 fully saturated rings. The first-order chi connectivity index (χ1) is 10.2. The van der Waals surface area contributed by atoms with Crippen molar-refractivity contribution in [3.05, 3.63) is 58.8 Å². The highest BCUT2D eigenvalue weighted by atomic mass is 16.5. The molecule has 0 atom stereocenters. The summed E-state index contributed by atoms with van der Waals surface area (Å²) in [5.74, 6) is 1.09. The second kappa shape index (κ2) is 5.68. The van der Waals surface area contributed by atoms with Crippen LogP contribution in [0.3, 0.4) is 0 Å². The van der Waals surface area contributed by atoms with Gasteiger partial charge in [0.2, 0.25) is 11.7 Å². The molecule has 2 aromatic rings. The molecule has 0 amide bonds. The Morgan fingerprint density at radius 3 is 2.48 bits per heavy atom. The van der Waals surface area contributed by atoms with Crippen LogP contribution in [0, 0.1) is 0 Å². The van der Waals surface area contributed by atoms with Gasteiger partial charge in [0.05, 0.1) is 7.11 Å². The van der Waals surface area contributed by atoms with Crippen LogP contribution in [0.1, 0.15) is 52.9 Å². The standard InChI is InChI=1S/C18H19NO2/c1-3-12-4-6-14(7-5-12)17(20)16-11-10-15(13-8-9-13)18(19-16)21-2/h4-7,10-11,13H,3,8-9H2,1-2H3. The Hall–Kier alpha value is -2.16. The quantitative estimate of drug-likeness (QED) is 0.783. The highest BCUT2D eigenvalue weighted by Gasteiger charge is 2.28. The van der Waals surface area contributed by atoms with Crippen molar-refractivity contribution >= 4 is 5.78 Å². The monoisotopic (exact) mass is 281 g/mol. The van der Waals surface area contributed by atoms with Gasteiger partial charge in [0, 0.05) is 11.1 Å². The number of nitrogens with zero attached hydrogens (tertiary/aromatic N) is 1. The third kappa shape index (κ3) is 2.82. The van der Waals surface area contributed by atoms with Crippen molar-refractivity contribution in [2.75, 3.05) is 7.11 Å². The Morgan fingerprint density at radius 1 is 1.19 bits per heavy atom. The van der Waals surface area contributed by atoms with Crippen molar-refractivity contribution in [1.29, 1.82) is 0 Å². The van der Waals surface area contributed by atoms with Crippen LogP contribution >= 0.6 is 0 Å². The lowest BCUT2D eigenvalue weighted by Gasteiger charge is -2.08. The summed E-state index contributed by atoms with van der Waals surface area (Å²) in [5.41, 5.74) is 3.46. The van der Waals surface area contributed by atoms with E-state index in [2.05, 4.69) is 11.9 Å². The van der Waals surface area contributed by atoms with Crippen LogP contribution in [-0.2, 0) is 6.42 Å².